The predicted molar refractivity (Wildman–Crippen MR) is 122 cm³/mol. The SMILES string of the molecule is CCCC[C@H]1C(=O)O[C@H](C)[C@H](NC(=O)OCc2ccccc2)C(=O)O[C@@H](C)[C@@H]1OC(=O)CCC. The van der Waals surface area contributed by atoms with Crippen LogP contribution in [-0.2, 0) is 39.9 Å². The minimum Gasteiger partial charge on any atom is -0.460 e. The third-order valence-corrected chi connectivity index (χ3v) is 5.57. The van der Waals surface area contributed by atoms with Gasteiger partial charge in [-0.2, -0.15) is 0 Å². The Labute approximate surface area is 200 Å². The summed E-state index contributed by atoms with van der Waals surface area (Å²) in [4.78, 5) is 50.5. The number of ether oxygens (including phenoxy) is 4. The van der Waals surface area contributed by atoms with Crippen molar-refractivity contribution in [2.75, 3.05) is 0 Å². The number of hydrogen-bond acceptors (Lipinski definition) is 8. The maximum atomic E-state index is 13.1. The summed E-state index contributed by atoms with van der Waals surface area (Å²) in [7, 11) is 0. The van der Waals surface area contributed by atoms with Crippen molar-refractivity contribution < 1.29 is 38.1 Å². The van der Waals surface area contributed by atoms with E-state index in [-0.39, 0.29) is 13.0 Å². The number of nitrogens with one attached hydrogen (secondary N) is 1. The molecule has 1 N–H and O–H groups in total. The zero-order valence-electron chi connectivity index (χ0n) is 20.3. The molecule has 9 nitrogen and oxygen atoms in total. The lowest BCUT2D eigenvalue weighted by molar-refractivity contribution is -0.175. The lowest BCUT2D eigenvalue weighted by Crippen LogP contribution is -2.50. The number of unbranched alkanes of at least 4 members (excludes halogenated alkanes) is 1. The van der Waals surface area contributed by atoms with Crippen molar-refractivity contribution in [1.29, 1.82) is 0 Å². The molecule has 1 fully saturated rings. The Bertz CT molecular complexity index is 827. The van der Waals surface area contributed by atoms with Gasteiger partial charge in [0.05, 0.1) is 5.92 Å². The van der Waals surface area contributed by atoms with Crippen molar-refractivity contribution in [3.63, 3.8) is 0 Å². The molecule has 0 aliphatic carbocycles. The molecule has 0 spiro atoms. The first-order valence-corrected chi connectivity index (χ1v) is 11.8. The molecule has 0 bridgehead atoms. The third kappa shape index (κ3) is 8.04. The van der Waals surface area contributed by atoms with Gasteiger partial charge in [0.15, 0.2) is 12.1 Å². The van der Waals surface area contributed by atoms with Crippen molar-refractivity contribution in [1.82, 2.24) is 5.32 Å². The van der Waals surface area contributed by atoms with E-state index in [9.17, 15) is 19.2 Å². The Hall–Kier alpha value is -3.10. The minimum absolute atomic E-state index is 0.00750. The molecule has 0 unspecified atom stereocenters. The second kappa shape index (κ2) is 13.6. The number of carbonyl (C=O) groups excluding carboxylic acids is 4. The van der Waals surface area contributed by atoms with Crippen LogP contribution in [0.2, 0.25) is 0 Å². The van der Waals surface area contributed by atoms with E-state index < -0.39 is 54.3 Å². The maximum Gasteiger partial charge on any atom is 0.408 e. The molecule has 1 aromatic carbocycles. The summed E-state index contributed by atoms with van der Waals surface area (Å²) < 4.78 is 21.9. The van der Waals surface area contributed by atoms with Crippen LogP contribution in [0.4, 0.5) is 4.79 Å². The van der Waals surface area contributed by atoms with E-state index in [1.807, 2.05) is 32.0 Å². The number of cyclic esters (lactones) is 2. The molecule has 1 heterocycles. The van der Waals surface area contributed by atoms with Crippen molar-refractivity contribution in [2.45, 2.75) is 90.8 Å². The average Bonchev–Trinajstić information content (AvgIpc) is 2.83. The average molecular weight is 478 g/mol. The molecular formula is C25H35NO8. The van der Waals surface area contributed by atoms with Crippen LogP contribution in [0.5, 0.6) is 0 Å². The maximum absolute atomic E-state index is 13.1. The van der Waals surface area contributed by atoms with E-state index in [2.05, 4.69) is 5.32 Å². The summed E-state index contributed by atoms with van der Waals surface area (Å²) in [6, 6.07) is 7.77. The van der Waals surface area contributed by atoms with Crippen LogP contribution >= 0.6 is 0 Å². The van der Waals surface area contributed by atoms with E-state index >= 15 is 0 Å². The second-order valence-electron chi connectivity index (χ2n) is 8.42. The molecule has 1 aliphatic heterocycles. The number of carbonyl (C=O) groups is 4. The number of rotatable bonds is 9. The van der Waals surface area contributed by atoms with Gasteiger partial charge in [-0.25, -0.2) is 9.59 Å². The van der Waals surface area contributed by atoms with Gasteiger partial charge in [-0.15, -0.1) is 0 Å². The number of hydrogen-bond donors (Lipinski definition) is 1. The number of esters is 3. The number of benzene rings is 1. The molecule has 0 saturated carbocycles. The first-order valence-electron chi connectivity index (χ1n) is 11.8. The lowest BCUT2D eigenvalue weighted by atomic mass is 9.92. The van der Waals surface area contributed by atoms with Crippen LogP contribution in [0.15, 0.2) is 30.3 Å². The first-order chi connectivity index (χ1) is 16.3. The van der Waals surface area contributed by atoms with Gasteiger partial charge in [-0.3, -0.25) is 9.59 Å². The molecule has 188 valence electrons. The molecule has 1 aromatic rings. The molecule has 0 radical (unpaired) electrons. The van der Waals surface area contributed by atoms with E-state index in [1.165, 1.54) is 6.92 Å². The normalized spacial score (nSPS) is 25.1. The van der Waals surface area contributed by atoms with Gasteiger partial charge in [-0.05, 0) is 32.3 Å². The highest BCUT2D eigenvalue weighted by Crippen LogP contribution is 2.26. The van der Waals surface area contributed by atoms with Gasteiger partial charge < -0.3 is 24.3 Å². The summed E-state index contributed by atoms with van der Waals surface area (Å²) >= 11 is 0. The van der Waals surface area contributed by atoms with Crippen molar-refractivity contribution in [2.24, 2.45) is 5.92 Å². The predicted octanol–water partition coefficient (Wildman–Crippen LogP) is 3.68. The standard InChI is InChI=1S/C25H35NO8/c1-5-7-14-19-22(34-20(27)11-6-2)17(4)33-24(29)21(16(3)32-23(19)28)26-25(30)31-15-18-12-9-8-10-13-18/h8-10,12-13,16-17,19,21-22H,5-7,11,14-15H2,1-4H3,(H,26,30)/t16-,17+,19-,21+,22+/m1/s1. The topological polar surface area (TPSA) is 117 Å². The second-order valence-corrected chi connectivity index (χ2v) is 8.42. The summed E-state index contributed by atoms with van der Waals surface area (Å²) in [5.74, 6) is -2.69. The highest BCUT2D eigenvalue weighted by atomic mass is 16.6. The number of alkyl carbamates (subject to hydrolysis) is 1. The fourth-order valence-corrected chi connectivity index (χ4v) is 3.68. The third-order valence-electron chi connectivity index (χ3n) is 5.57. The fourth-order valence-electron chi connectivity index (χ4n) is 3.68. The lowest BCUT2D eigenvalue weighted by Gasteiger charge is -2.29. The largest absolute Gasteiger partial charge is 0.460 e. The molecule has 1 aliphatic rings. The Morgan fingerprint density at radius 1 is 0.971 bits per heavy atom. The number of amides is 1. The highest BCUT2D eigenvalue weighted by Gasteiger charge is 2.43. The van der Waals surface area contributed by atoms with Crippen LogP contribution in [0.3, 0.4) is 0 Å². The first kappa shape index (κ1) is 27.1. The minimum atomic E-state index is -1.29. The van der Waals surface area contributed by atoms with Crippen LogP contribution in [-0.4, -0.2) is 48.4 Å². The summed E-state index contributed by atoms with van der Waals surface area (Å²) in [5.41, 5.74) is 0.776. The molecule has 1 amide bonds. The summed E-state index contributed by atoms with van der Waals surface area (Å²) in [5, 5.41) is 2.44. The highest BCUT2D eigenvalue weighted by molar-refractivity contribution is 5.83. The Morgan fingerprint density at radius 2 is 1.65 bits per heavy atom. The summed E-state index contributed by atoms with van der Waals surface area (Å²) in [6.07, 6.45) is -1.09. The van der Waals surface area contributed by atoms with Gasteiger partial charge in [0.1, 0.15) is 18.8 Å². The van der Waals surface area contributed by atoms with Gasteiger partial charge in [0, 0.05) is 6.42 Å². The Morgan fingerprint density at radius 3 is 2.29 bits per heavy atom. The van der Waals surface area contributed by atoms with Gasteiger partial charge >= 0.3 is 24.0 Å². The van der Waals surface area contributed by atoms with E-state index in [1.54, 1.807) is 19.1 Å². The molecule has 2 rings (SSSR count). The smallest absolute Gasteiger partial charge is 0.408 e. The van der Waals surface area contributed by atoms with Gasteiger partial charge in [-0.1, -0.05) is 57.0 Å². The van der Waals surface area contributed by atoms with E-state index in [0.29, 0.717) is 19.3 Å². The van der Waals surface area contributed by atoms with Gasteiger partial charge in [0.25, 0.3) is 0 Å². The molecule has 9 heteroatoms. The van der Waals surface area contributed by atoms with Crippen molar-refractivity contribution in [3.8, 4) is 0 Å². The molecule has 1 saturated heterocycles. The molecule has 0 aromatic heterocycles. The van der Waals surface area contributed by atoms with Crippen molar-refractivity contribution in [3.05, 3.63) is 35.9 Å². The van der Waals surface area contributed by atoms with Crippen LogP contribution < -0.4 is 5.32 Å². The Balaban J connectivity index is 2.17. The van der Waals surface area contributed by atoms with Crippen molar-refractivity contribution >= 4 is 24.0 Å². The van der Waals surface area contributed by atoms with E-state index in [0.717, 1.165) is 12.0 Å². The molecular weight excluding hydrogens is 442 g/mol. The van der Waals surface area contributed by atoms with Gasteiger partial charge in [0.2, 0.25) is 0 Å². The zero-order valence-corrected chi connectivity index (χ0v) is 20.3. The Kier molecular flexibility index (Phi) is 10.8. The quantitative estimate of drug-likeness (QED) is 0.423. The zero-order chi connectivity index (χ0) is 25.1. The monoisotopic (exact) mass is 477 g/mol. The van der Waals surface area contributed by atoms with Crippen LogP contribution in [0.25, 0.3) is 0 Å². The summed E-state index contributed by atoms with van der Waals surface area (Å²) in [6.45, 7) is 6.88. The fraction of sp³-hybridized carbons (Fsp3) is 0.600. The van der Waals surface area contributed by atoms with E-state index in [4.69, 9.17) is 18.9 Å². The van der Waals surface area contributed by atoms with Crippen LogP contribution in [0, 0.1) is 5.92 Å². The van der Waals surface area contributed by atoms with Crippen LogP contribution in [0.1, 0.15) is 65.4 Å². The molecule has 5 atom stereocenters. The molecule has 34 heavy (non-hydrogen) atoms.